The number of benzene rings is 2. The standard InChI is InChI=1S/C25H29N3O3S/c1-17-6-3-4-12-28(17)13-11-26-24(29)19-9-10-22-21(16-19)27-25(30)23(32-22)15-18-7-5-8-20(14-18)31-2/h5,7-10,14-17H,3-4,6,11-13H2,1-2H3,(H,26,29)(H,27,30)/b23-15+/t17-/m1/s1. The van der Waals surface area contributed by atoms with Gasteiger partial charge in [0.1, 0.15) is 5.75 Å². The Labute approximate surface area is 193 Å². The Bertz CT molecular complexity index is 1040. The second kappa shape index (κ2) is 10.2. The van der Waals surface area contributed by atoms with Crippen LogP contribution in [-0.4, -0.2) is 49.5 Å². The van der Waals surface area contributed by atoms with E-state index < -0.39 is 0 Å². The molecule has 4 rings (SSSR count). The zero-order chi connectivity index (χ0) is 22.5. The quantitative estimate of drug-likeness (QED) is 0.638. The number of rotatable bonds is 6. The molecule has 0 radical (unpaired) electrons. The molecule has 0 aliphatic carbocycles. The van der Waals surface area contributed by atoms with E-state index in [9.17, 15) is 9.59 Å². The van der Waals surface area contributed by atoms with Crippen LogP contribution in [0.15, 0.2) is 52.3 Å². The lowest BCUT2D eigenvalue weighted by atomic mass is 10.0. The first kappa shape index (κ1) is 22.4. The monoisotopic (exact) mass is 451 g/mol. The molecule has 2 aliphatic rings. The Kier molecular flexibility index (Phi) is 7.17. The molecule has 0 spiro atoms. The third-order valence-corrected chi connectivity index (χ3v) is 7.05. The largest absolute Gasteiger partial charge is 0.497 e. The van der Waals surface area contributed by atoms with E-state index >= 15 is 0 Å². The highest BCUT2D eigenvalue weighted by Crippen LogP contribution is 2.39. The van der Waals surface area contributed by atoms with Gasteiger partial charge in [0, 0.05) is 29.6 Å². The minimum absolute atomic E-state index is 0.116. The van der Waals surface area contributed by atoms with Gasteiger partial charge in [-0.2, -0.15) is 0 Å². The van der Waals surface area contributed by atoms with Crippen LogP contribution in [0.2, 0.25) is 0 Å². The highest BCUT2D eigenvalue weighted by Gasteiger charge is 2.23. The van der Waals surface area contributed by atoms with Crippen molar-refractivity contribution in [1.82, 2.24) is 10.2 Å². The smallest absolute Gasteiger partial charge is 0.262 e. The minimum atomic E-state index is -0.179. The molecule has 2 aromatic rings. The van der Waals surface area contributed by atoms with Crippen LogP contribution >= 0.6 is 11.8 Å². The fraction of sp³-hybridized carbons (Fsp3) is 0.360. The SMILES string of the molecule is COc1cccc(/C=C2/Sc3ccc(C(=O)NCCN4CCCC[C@H]4C)cc3NC2=O)c1. The molecule has 2 N–H and O–H groups in total. The Morgan fingerprint density at radius 2 is 2.16 bits per heavy atom. The average Bonchev–Trinajstić information content (AvgIpc) is 2.80. The highest BCUT2D eigenvalue weighted by molar-refractivity contribution is 8.04. The number of nitrogens with zero attached hydrogens (tertiary/aromatic N) is 1. The predicted octanol–water partition coefficient (Wildman–Crippen LogP) is 4.38. The second-order valence-electron chi connectivity index (χ2n) is 8.19. The molecule has 2 aromatic carbocycles. The third-order valence-electron chi connectivity index (χ3n) is 5.95. The molecular weight excluding hydrogens is 422 g/mol. The summed E-state index contributed by atoms with van der Waals surface area (Å²) in [6.45, 7) is 4.84. The third kappa shape index (κ3) is 5.34. The number of likely N-dealkylation sites (tertiary alicyclic amines) is 1. The first-order valence-corrected chi connectivity index (χ1v) is 11.9. The van der Waals surface area contributed by atoms with E-state index in [1.165, 1.54) is 31.0 Å². The molecule has 1 fully saturated rings. The van der Waals surface area contributed by atoms with Crippen molar-refractivity contribution in [1.29, 1.82) is 0 Å². The van der Waals surface area contributed by atoms with E-state index in [0.29, 0.717) is 28.7 Å². The number of fused-ring (bicyclic) bond motifs is 1. The van der Waals surface area contributed by atoms with Crippen molar-refractivity contribution in [2.45, 2.75) is 37.1 Å². The number of ether oxygens (including phenoxy) is 1. The number of thioether (sulfide) groups is 1. The van der Waals surface area contributed by atoms with Gasteiger partial charge in [-0.25, -0.2) is 0 Å². The maximum Gasteiger partial charge on any atom is 0.262 e. The number of amides is 2. The zero-order valence-corrected chi connectivity index (χ0v) is 19.3. The van der Waals surface area contributed by atoms with Gasteiger partial charge >= 0.3 is 0 Å². The average molecular weight is 452 g/mol. The van der Waals surface area contributed by atoms with Crippen LogP contribution in [0.25, 0.3) is 6.08 Å². The van der Waals surface area contributed by atoms with Gasteiger partial charge in [0.25, 0.3) is 11.8 Å². The van der Waals surface area contributed by atoms with Crippen molar-refractivity contribution < 1.29 is 14.3 Å². The maximum atomic E-state index is 12.6. The number of nitrogens with one attached hydrogen (secondary N) is 2. The van der Waals surface area contributed by atoms with E-state index in [4.69, 9.17) is 4.74 Å². The maximum absolute atomic E-state index is 12.6. The van der Waals surface area contributed by atoms with E-state index in [1.54, 1.807) is 13.2 Å². The highest BCUT2D eigenvalue weighted by atomic mass is 32.2. The molecule has 6 nitrogen and oxygen atoms in total. The molecule has 2 heterocycles. The van der Waals surface area contributed by atoms with Crippen molar-refractivity contribution in [2.75, 3.05) is 32.1 Å². The summed E-state index contributed by atoms with van der Waals surface area (Å²) < 4.78 is 5.25. The first-order chi connectivity index (χ1) is 15.5. The lowest BCUT2D eigenvalue weighted by molar-refractivity contribution is -0.112. The van der Waals surface area contributed by atoms with Crippen molar-refractivity contribution in [3.63, 3.8) is 0 Å². The Morgan fingerprint density at radius 1 is 1.28 bits per heavy atom. The fourth-order valence-electron chi connectivity index (χ4n) is 4.09. The summed E-state index contributed by atoms with van der Waals surface area (Å²) in [5.41, 5.74) is 2.11. The molecule has 0 unspecified atom stereocenters. The number of carbonyl (C=O) groups excluding carboxylic acids is 2. The number of hydrogen-bond acceptors (Lipinski definition) is 5. The van der Waals surface area contributed by atoms with Gasteiger partial charge in [-0.1, -0.05) is 30.3 Å². The Morgan fingerprint density at radius 3 is 2.97 bits per heavy atom. The van der Waals surface area contributed by atoms with E-state index in [0.717, 1.165) is 29.3 Å². The van der Waals surface area contributed by atoms with Crippen LogP contribution in [0.1, 0.15) is 42.1 Å². The molecule has 0 aromatic heterocycles. The van der Waals surface area contributed by atoms with Crippen LogP contribution in [0.3, 0.4) is 0 Å². The van der Waals surface area contributed by atoms with Crippen LogP contribution in [0.4, 0.5) is 5.69 Å². The second-order valence-corrected chi connectivity index (χ2v) is 9.27. The van der Waals surface area contributed by atoms with E-state index in [2.05, 4.69) is 22.5 Å². The molecule has 32 heavy (non-hydrogen) atoms. The van der Waals surface area contributed by atoms with Gasteiger partial charge in [-0.3, -0.25) is 14.5 Å². The van der Waals surface area contributed by atoms with Crippen molar-refractivity contribution in [2.24, 2.45) is 0 Å². The summed E-state index contributed by atoms with van der Waals surface area (Å²) in [5, 5.41) is 5.93. The Hall–Kier alpha value is -2.77. The van der Waals surface area contributed by atoms with E-state index in [1.807, 2.05) is 42.5 Å². The van der Waals surface area contributed by atoms with Gasteiger partial charge < -0.3 is 15.4 Å². The molecule has 7 heteroatoms. The van der Waals surface area contributed by atoms with Crippen LogP contribution in [-0.2, 0) is 4.79 Å². The van der Waals surface area contributed by atoms with Crippen molar-refractivity contribution in [3.05, 3.63) is 58.5 Å². The number of hydrogen-bond donors (Lipinski definition) is 2. The topological polar surface area (TPSA) is 70.7 Å². The summed E-state index contributed by atoms with van der Waals surface area (Å²) in [5.74, 6) is 0.447. The fourth-order valence-corrected chi connectivity index (χ4v) is 5.02. The first-order valence-electron chi connectivity index (χ1n) is 11.0. The van der Waals surface area contributed by atoms with Gasteiger partial charge in [0.2, 0.25) is 0 Å². The van der Waals surface area contributed by atoms with Crippen molar-refractivity contribution >= 4 is 35.3 Å². The van der Waals surface area contributed by atoms with Crippen LogP contribution in [0.5, 0.6) is 5.75 Å². The molecule has 168 valence electrons. The van der Waals surface area contributed by atoms with Gasteiger partial charge in [0.05, 0.1) is 17.7 Å². The Balaban J connectivity index is 1.39. The molecule has 0 saturated carbocycles. The number of anilines is 1. The number of carbonyl (C=O) groups is 2. The van der Waals surface area contributed by atoms with E-state index in [-0.39, 0.29) is 11.8 Å². The molecular formula is C25H29N3O3S. The van der Waals surface area contributed by atoms with Crippen molar-refractivity contribution in [3.8, 4) is 5.75 Å². The summed E-state index contributed by atoms with van der Waals surface area (Å²) in [7, 11) is 1.62. The summed E-state index contributed by atoms with van der Waals surface area (Å²) >= 11 is 1.40. The summed E-state index contributed by atoms with van der Waals surface area (Å²) in [6, 6.07) is 13.6. The van der Waals surface area contributed by atoms with Crippen LogP contribution in [0, 0.1) is 0 Å². The van der Waals surface area contributed by atoms with Crippen LogP contribution < -0.4 is 15.4 Å². The molecule has 2 amide bonds. The predicted molar refractivity (Wildman–Crippen MR) is 129 cm³/mol. The van der Waals surface area contributed by atoms with Gasteiger partial charge in [-0.05, 0) is 68.3 Å². The summed E-state index contributed by atoms with van der Waals surface area (Å²) in [4.78, 5) is 29.2. The zero-order valence-electron chi connectivity index (χ0n) is 18.5. The molecule has 2 aliphatic heterocycles. The lowest BCUT2D eigenvalue weighted by Gasteiger charge is -2.33. The van der Waals surface area contributed by atoms with Gasteiger partial charge in [-0.15, -0.1) is 0 Å². The normalized spacial score (nSPS) is 19.9. The minimum Gasteiger partial charge on any atom is -0.497 e. The lowest BCUT2D eigenvalue weighted by Crippen LogP contribution is -2.42. The number of methoxy groups -OCH3 is 1. The molecule has 1 saturated heterocycles. The number of piperidine rings is 1. The summed E-state index contributed by atoms with van der Waals surface area (Å²) in [6.07, 6.45) is 5.59. The van der Waals surface area contributed by atoms with Gasteiger partial charge in [0.15, 0.2) is 0 Å². The molecule has 0 bridgehead atoms. The molecule has 1 atom stereocenters.